The van der Waals surface area contributed by atoms with E-state index in [9.17, 15) is 14.4 Å². The van der Waals surface area contributed by atoms with E-state index in [0.717, 1.165) is 24.9 Å². The van der Waals surface area contributed by atoms with Gasteiger partial charge in [0.1, 0.15) is 0 Å². The van der Waals surface area contributed by atoms with Gasteiger partial charge < -0.3 is 10.6 Å². The van der Waals surface area contributed by atoms with Crippen molar-refractivity contribution in [2.45, 2.75) is 38.6 Å². The van der Waals surface area contributed by atoms with E-state index in [1.807, 2.05) is 13.0 Å². The average Bonchev–Trinajstić information content (AvgIpc) is 3.12. The van der Waals surface area contributed by atoms with Crippen LogP contribution in [-0.2, 0) is 14.4 Å². The van der Waals surface area contributed by atoms with Gasteiger partial charge in [-0.05, 0) is 44.0 Å². The SMILES string of the molecule is Cc1ccc(NC(=O)C2CCCN2)cc1N1C(=O)CCC1=O. The molecule has 1 atom stereocenters. The van der Waals surface area contributed by atoms with E-state index in [1.54, 1.807) is 12.1 Å². The van der Waals surface area contributed by atoms with E-state index in [4.69, 9.17) is 0 Å². The van der Waals surface area contributed by atoms with Crippen molar-refractivity contribution in [2.75, 3.05) is 16.8 Å². The maximum atomic E-state index is 12.1. The fourth-order valence-corrected chi connectivity index (χ4v) is 2.91. The van der Waals surface area contributed by atoms with Crippen molar-refractivity contribution in [1.82, 2.24) is 5.32 Å². The quantitative estimate of drug-likeness (QED) is 0.826. The van der Waals surface area contributed by atoms with E-state index in [2.05, 4.69) is 10.6 Å². The number of carbonyl (C=O) groups excluding carboxylic acids is 3. The number of nitrogens with zero attached hydrogens (tertiary/aromatic N) is 1. The van der Waals surface area contributed by atoms with Crippen LogP contribution in [0.2, 0.25) is 0 Å². The molecule has 6 nitrogen and oxygen atoms in total. The van der Waals surface area contributed by atoms with E-state index in [-0.39, 0.29) is 36.6 Å². The highest BCUT2D eigenvalue weighted by Gasteiger charge is 2.31. The molecule has 0 saturated carbocycles. The lowest BCUT2D eigenvalue weighted by molar-refractivity contribution is -0.121. The standard InChI is InChI=1S/C16H19N3O3/c1-10-4-5-11(18-16(22)12-3-2-8-17-12)9-13(10)19-14(20)6-7-15(19)21/h4-5,9,12,17H,2-3,6-8H2,1H3,(H,18,22). The summed E-state index contributed by atoms with van der Waals surface area (Å²) in [6, 6.07) is 5.13. The summed E-state index contributed by atoms with van der Waals surface area (Å²) in [6.45, 7) is 2.70. The summed E-state index contributed by atoms with van der Waals surface area (Å²) in [5.74, 6) is -0.450. The van der Waals surface area contributed by atoms with Gasteiger partial charge in [-0.25, -0.2) is 0 Å². The third-order valence-corrected chi connectivity index (χ3v) is 4.15. The maximum absolute atomic E-state index is 12.1. The third-order valence-electron chi connectivity index (χ3n) is 4.15. The van der Waals surface area contributed by atoms with Crippen LogP contribution in [0.1, 0.15) is 31.2 Å². The van der Waals surface area contributed by atoms with Crippen LogP contribution in [0.25, 0.3) is 0 Å². The topological polar surface area (TPSA) is 78.5 Å². The van der Waals surface area contributed by atoms with Gasteiger partial charge >= 0.3 is 0 Å². The maximum Gasteiger partial charge on any atom is 0.241 e. The van der Waals surface area contributed by atoms with Crippen LogP contribution >= 0.6 is 0 Å². The molecular formula is C16H19N3O3. The third kappa shape index (κ3) is 2.74. The van der Waals surface area contributed by atoms with Crippen molar-refractivity contribution < 1.29 is 14.4 Å². The molecular weight excluding hydrogens is 282 g/mol. The van der Waals surface area contributed by atoms with Crippen molar-refractivity contribution in [3.05, 3.63) is 23.8 Å². The molecule has 6 heteroatoms. The summed E-state index contributed by atoms with van der Waals surface area (Å²) in [7, 11) is 0. The van der Waals surface area contributed by atoms with E-state index in [1.165, 1.54) is 4.90 Å². The van der Waals surface area contributed by atoms with Crippen molar-refractivity contribution in [2.24, 2.45) is 0 Å². The van der Waals surface area contributed by atoms with Crippen LogP contribution < -0.4 is 15.5 Å². The molecule has 0 spiro atoms. The number of imide groups is 1. The van der Waals surface area contributed by atoms with Crippen LogP contribution in [0.3, 0.4) is 0 Å². The highest BCUT2D eigenvalue weighted by atomic mass is 16.2. The number of anilines is 2. The zero-order valence-electron chi connectivity index (χ0n) is 12.5. The minimum absolute atomic E-state index is 0.0774. The average molecular weight is 301 g/mol. The molecule has 0 bridgehead atoms. The summed E-state index contributed by atoms with van der Waals surface area (Å²) >= 11 is 0. The monoisotopic (exact) mass is 301 g/mol. The number of hydrogen-bond donors (Lipinski definition) is 2. The molecule has 0 radical (unpaired) electrons. The Morgan fingerprint density at radius 1 is 1.27 bits per heavy atom. The fraction of sp³-hybridized carbons (Fsp3) is 0.438. The molecule has 2 saturated heterocycles. The highest BCUT2D eigenvalue weighted by molar-refractivity contribution is 6.20. The highest BCUT2D eigenvalue weighted by Crippen LogP contribution is 2.29. The summed E-state index contributed by atoms with van der Waals surface area (Å²) in [6.07, 6.45) is 2.32. The van der Waals surface area contributed by atoms with Gasteiger partial charge in [0, 0.05) is 18.5 Å². The minimum atomic E-state index is -0.186. The Morgan fingerprint density at radius 3 is 2.64 bits per heavy atom. The van der Waals surface area contributed by atoms with Crippen molar-refractivity contribution in [1.29, 1.82) is 0 Å². The summed E-state index contributed by atoms with van der Waals surface area (Å²) in [5.41, 5.74) is 2.00. The predicted octanol–water partition coefficient (Wildman–Crippen LogP) is 1.34. The van der Waals surface area contributed by atoms with Crippen molar-refractivity contribution in [3.8, 4) is 0 Å². The number of hydrogen-bond acceptors (Lipinski definition) is 4. The first-order valence-corrected chi connectivity index (χ1v) is 7.57. The van der Waals surface area contributed by atoms with Gasteiger partial charge in [-0.2, -0.15) is 0 Å². The predicted molar refractivity (Wildman–Crippen MR) is 82.6 cm³/mol. The molecule has 1 unspecified atom stereocenters. The molecule has 2 heterocycles. The van der Waals surface area contributed by atoms with E-state index >= 15 is 0 Å². The fourth-order valence-electron chi connectivity index (χ4n) is 2.91. The summed E-state index contributed by atoms with van der Waals surface area (Å²) < 4.78 is 0. The Kier molecular flexibility index (Phi) is 3.94. The Labute approximate surface area is 128 Å². The Hall–Kier alpha value is -2.21. The smallest absolute Gasteiger partial charge is 0.241 e. The molecule has 0 aliphatic carbocycles. The van der Waals surface area contributed by atoms with Gasteiger partial charge in [0.15, 0.2) is 0 Å². The van der Waals surface area contributed by atoms with Crippen LogP contribution in [0.15, 0.2) is 18.2 Å². The van der Waals surface area contributed by atoms with Gasteiger partial charge in [0.05, 0.1) is 11.7 Å². The molecule has 22 heavy (non-hydrogen) atoms. The first-order chi connectivity index (χ1) is 10.6. The van der Waals surface area contributed by atoms with Crippen LogP contribution in [0.4, 0.5) is 11.4 Å². The number of amides is 3. The molecule has 1 aromatic carbocycles. The number of nitrogens with one attached hydrogen (secondary N) is 2. The zero-order valence-corrected chi connectivity index (χ0v) is 12.5. The lowest BCUT2D eigenvalue weighted by Gasteiger charge is -2.18. The Balaban J connectivity index is 1.82. The number of carbonyl (C=O) groups is 3. The first-order valence-electron chi connectivity index (χ1n) is 7.57. The molecule has 3 amide bonds. The molecule has 2 N–H and O–H groups in total. The first kappa shape index (κ1) is 14.7. The van der Waals surface area contributed by atoms with Gasteiger partial charge in [0.2, 0.25) is 17.7 Å². The van der Waals surface area contributed by atoms with Crippen LogP contribution in [0.5, 0.6) is 0 Å². The Morgan fingerprint density at radius 2 is 2.00 bits per heavy atom. The number of benzene rings is 1. The van der Waals surface area contributed by atoms with Gasteiger partial charge in [0.25, 0.3) is 0 Å². The zero-order chi connectivity index (χ0) is 15.7. The largest absolute Gasteiger partial charge is 0.325 e. The lowest BCUT2D eigenvalue weighted by atomic mass is 10.1. The summed E-state index contributed by atoms with van der Waals surface area (Å²) in [5, 5.41) is 6.00. The van der Waals surface area contributed by atoms with Crippen LogP contribution in [0, 0.1) is 6.92 Å². The molecule has 0 aromatic heterocycles. The molecule has 2 aliphatic heterocycles. The minimum Gasteiger partial charge on any atom is -0.325 e. The second kappa shape index (κ2) is 5.88. The van der Waals surface area contributed by atoms with Crippen molar-refractivity contribution >= 4 is 29.1 Å². The molecule has 3 rings (SSSR count). The normalized spacial score (nSPS) is 21.5. The molecule has 2 fully saturated rings. The second-order valence-corrected chi connectivity index (χ2v) is 5.76. The number of rotatable bonds is 3. The lowest BCUT2D eigenvalue weighted by Crippen LogP contribution is -2.35. The van der Waals surface area contributed by atoms with E-state index in [0.29, 0.717) is 11.4 Å². The molecule has 2 aliphatic rings. The Bertz CT molecular complexity index is 620. The van der Waals surface area contributed by atoms with Gasteiger partial charge in [-0.1, -0.05) is 6.07 Å². The van der Waals surface area contributed by atoms with Gasteiger partial charge in [-0.15, -0.1) is 0 Å². The summed E-state index contributed by atoms with van der Waals surface area (Å²) in [4.78, 5) is 37.1. The second-order valence-electron chi connectivity index (χ2n) is 5.76. The molecule has 1 aromatic rings. The molecule has 116 valence electrons. The van der Waals surface area contributed by atoms with Crippen molar-refractivity contribution in [3.63, 3.8) is 0 Å². The van der Waals surface area contributed by atoms with E-state index < -0.39 is 0 Å². The van der Waals surface area contributed by atoms with Crippen LogP contribution in [-0.4, -0.2) is 30.3 Å². The number of aryl methyl sites for hydroxylation is 1. The van der Waals surface area contributed by atoms with Gasteiger partial charge in [-0.3, -0.25) is 19.3 Å².